The Bertz CT molecular complexity index is 899. The van der Waals surface area contributed by atoms with Gasteiger partial charge in [0.1, 0.15) is 0 Å². The Labute approximate surface area is 158 Å². The van der Waals surface area contributed by atoms with E-state index in [9.17, 15) is 22.8 Å². The van der Waals surface area contributed by atoms with Gasteiger partial charge in [-0.25, -0.2) is 0 Å². The fraction of sp³-hybridized carbons (Fsp3) is 0.263. The molecule has 3 rings (SSSR count). The summed E-state index contributed by atoms with van der Waals surface area (Å²) in [6, 6.07) is 9.79. The quantitative estimate of drug-likeness (QED) is 0.773. The average Bonchev–Trinajstić information content (AvgIpc) is 3.38. The van der Waals surface area contributed by atoms with E-state index in [4.69, 9.17) is 11.6 Å². The van der Waals surface area contributed by atoms with Crippen molar-refractivity contribution in [2.45, 2.75) is 19.5 Å². The zero-order chi connectivity index (χ0) is 19.8. The summed E-state index contributed by atoms with van der Waals surface area (Å²) in [5.41, 5.74) is 0.121. The van der Waals surface area contributed by atoms with E-state index < -0.39 is 29.5 Å². The molecule has 2 unspecified atom stereocenters. The Balaban J connectivity index is 1.64. The van der Waals surface area contributed by atoms with Crippen molar-refractivity contribution < 1.29 is 22.8 Å². The third kappa shape index (κ3) is 4.42. The SMILES string of the molecule is Cc1ccc(Cl)cc1NC(=O)C1CC1C(=O)Nc1ccccc1C(F)(F)F. The van der Waals surface area contributed by atoms with E-state index in [2.05, 4.69) is 10.6 Å². The molecular formula is C19H16ClF3N2O2. The van der Waals surface area contributed by atoms with Gasteiger partial charge < -0.3 is 10.6 Å². The molecule has 2 amide bonds. The second-order valence-electron chi connectivity index (χ2n) is 6.43. The van der Waals surface area contributed by atoms with Crippen molar-refractivity contribution in [1.29, 1.82) is 0 Å². The summed E-state index contributed by atoms with van der Waals surface area (Å²) in [5.74, 6) is -2.20. The Morgan fingerprint density at radius 3 is 2.22 bits per heavy atom. The van der Waals surface area contributed by atoms with E-state index in [1.807, 2.05) is 0 Å². The van der Waals surface area contributed by atoms with Crippen LogP contribution in [0.3, 0.4) is 0 Å². The van der Waals surface area contributed by atoms with E-state index >= 15 is 0 Å². The number of carbonyl (C=O) groups excluding carboxylic acids is 2. The number of aryl methyl sites for hydroxylation is 1. The summed E-state index contributed by atoms with van der Waals surface area (Å²) in [7, 11) is 0. The van der Waals surface area contributed by atoms with Crippen molar-refractivity contribution in [3.8, 4) is 0 Å². The lowest BCUT2D eigenvalue weighted by atomic mass is 10.1. The van der Waals surface area contributed by atoms with Crippen LogP contribution >= 0.6 is 11.6 Å². The van der Waals surface area contributed by atoms with Crippen LogP contribution in [0.15, 0.2) is 42.5 Å². The first-order valence-electron chi connectivity index (χ1n) is 8.21. The highest BCUT2D eigenvalue weighted by molar-refractivity contribution is 6.31. The maximum atomic E-state index is 13.0. The van der Waals surface area contributed by atoms with Gasteiger partial charge in [0.25, 0.3) is 0 Å². The number of alkyl halides is 3. The number of benzene rings is 2. The predicted octanol–water partition coefficient (Wildman–Crippen LogP) is 4.88. The normalized spacial score (nSPS) is 18.7. The van der Waals surface area contributed by atoms with Gasteiger partial charge in [0.15, 0.2) is 0 Å². The lowest BCUT2D eigenvalue weighted by Gasteiger charge is -2.13. The highest BCUT2D eigenvalue weighted by Crippen LogP contribution is 2.41. The molecule has 1 fully saturated rings. The number of hydrogen-bond donors (Lipinski definition) is 2. The topological polar surface area (TPSA) is 58.2 Å². The molecule has 142 valence electrons. The first-order chi connectivity index (χ1) is 12.7. The van der Waals surface area contributed by atoms with Crippen molar-refractivity contribution in [1.82, 2.24) is 0 Å². The molecule has 8 heteroatoms. The van der Waals surface area contributed by atoms with Crippen molar-refractivity contribution in [3.63, 3.8) is 0 Å². The van der Waals surface area contributed by atoms with Crippen molar-refractivity contribution >= 4 is 34.8 Å². The fourth-order valence-corrected chi connectivity index (χ4v) is 2.97. The highest BCUT2D eigenvalue weighted by atomic mass is 35.5. The van der Waals surface area contributed by atoms with Crippen LogP contribution in [-0.4, -0.2) is 11.8 Å². The van der Waals surface area contributed by atoms with Crippen LogP contribution in [0.25, 0.3) is 0 Å². The van der Waals surface area contributed by atoms with Crippen molar-refractivity contribution in [3.05, 3.63) is 58.6 Å². The van der Waals surface area contributed by atoms with Crippen LogP contribution in [-0.2, 0) is 15.8 Å². The minimum Gasteiger partial charge on any atom is -0.326 e. The highest BCUT2D eigenvalue weighted by Gasteiger charge is 2.48. The molecule has 0 radical (unpaired) electrons. The van der Waals surface area contributed by atoms with E-state index in [0.717, 1.165) is 11.6 Å². The summed E-state index contributed by atoms with van der Waals surface area (Å²) < 4.78 is 39.0. The largest absolute Gasteiger partial charge is 0.418 e. The molecule has 0 aromatic heterocycles. The van der Waals surface area contributed by atoms with E-state index in [1.54, 1.807) is 25.1 Å². The summed E-state index contributed by atoms with van der Waals surface area (Å²) in [4.78, 5) is 24.6. The van der Waals surface area contributed by atoms with Crippen LogP contribution in [0.2, 0.25) is 5.02 Å². The molecule has 1 saturated carbocycles. The van der Waals surface area contributed by atoms with Crippen molar-refractivity contribution in [2.75, 3.05) is 10.6 Å². The number of rotatable bonds is 4. The third-order valence-corrected chi connectivity index (χ3v) is 4.65. The number of amides is 2. The molecule has 0 bridgehead atoms. The molecule has 1 aliphatic carbocycles. The minimum atomic E-state index is -4.58. The molecule has 2 N–H and O–H groups in total. The first-order valence-corrected chi connectivity index (χ1v) is 8.58. The van der Waals surface area contributed by atoms with Gasteiger partial charge in [0.2, 0.25) is 11.8 Å². The van der Waals surface area contributed by atoms with E-state index in [0.29, 0.717) is 10.7 Å². The number of anilines is 2. The molecule has 0 heterocycles. The van der Waals surface area contributed by atoms with Gasteiger partial charge in [0.05, 0.1) is 23.1 Å². The number of halogens is 4. The number of carbonyl (C=O) groups is 2. The van der Waals surface area contributed by atoms with Crippen LogP contribution in [0.5, 0.6) is 0 Å². The molecule has 27 heavy (non-hydrogen) atoms. The van der Waals surface area contributed by atoms with Gasteiger partial charge in [-0.15, -0.1) is 0 Å². The van der Waals surface area contributed by atoms with Gasteiger partial charge in [-0.1, -0.05) is 29.8 Å². The molecule has 0 saturated heterocycles. The van der Waals surface area contributed by atoms with Gasteiger partial charge in [-0.2, -0.15) is 13.2 Å². The van der Waals surface area contributed by atoms with Crippen molar-refractivity contribution in [2.24, 2.45) is 11.8 Å². The zero-order valence-electron chi connectivity index (χ0n) is 14.2. The molecule has 2 aromatic rings. The second-order valence-corrected chi connectivity index (χ2v) is 6.87. The predicted molar refractivity (Wildman–Crippen MR) is 96.5 cm³/mol. The van der Waals surface area contributed by atoms with Crippen LogP contribution in [0.1, 0.15) is 17.5 Å². The Hall–Kier alpha value is -2.54. The standard InChI is InChI=1S/C19H16ClF3N2O2/c1-10-6-7-11(20)8-16(10)25-18(27)13-9-12(13)17(26)24-15-5-3-2-4-14(15)19(21,22)23/h2-8,12-13H,9H2,1H3,(H,24,26)(H,25,27). The smallest absolute Gasteiger partial charge is 0.326 e. The first kappa shape index (κ1) is 19.2. The number of hydrogen-bond acceptors (Lipinski definition) is 2. The molecule has 0 aliphatic heterocycles. The van der Waals surface area contributed by atoms with Crippen LogP contribution in [0.4, 0.5) is 24.5 Å². The maximum absolute atomic E-state index is 13.0. The Morgan fingerprint density at radius 2 is 1.59 bits per heavy atom. The monoisotopic (exact) mass is 396 g/mol. The lowest BCUT2D eigenvalue weighted by Crippen LogP contribution is -2.22. The molecule has 0 spiro atoms. The molecule has 1 aliphatic rings. The molecule has 2 aromatic carbocycles. The summed E-state index contributed by atoms with van der Waals surface area (Å²) in [6.45, 7) is 1.80. The van der Waals surface area contributed by atoms with Crippen LogP contribution < -0.4 is 10.6 Å². The minimum absolute atomic E-state index is 0.283. The second kappa shape index (κ2) is 7.23. The molecular weight excluding hydrogens is 381 g/mol. The average molecular weight is 397 g/mol. The van der Waals surface area contributed by atoms with E-state index in [-0.39, 0.29) is 18.0 Å². The summed E-state index contributed by atoms with van der Waals surface area (Å²) in [5, 5.41) is 5.46. The van der Waals surface area contributed by atoms with Gasteiger partial charge in [0, 0.05) is 10.7 Å². The van der Waals surface area contributed by atoms with Gasteiger partial charge in [-0.3, -0.25) is 9.59 Å². The summed E-state index contributed by atoms with van der Waals surface area (Å²) >= 11 is 5.91. The van der Waals surface area contributed by atoms with Gasteiger partial charge >= 0.3 is 6.18 Å². The molecule has 2 atom stereocenters. The Kier molecular flexibility index (Phi) is 5.15. The molecule has 4 nitrogen and oxygen atoms in total. The van der Waals surface area contributed by atoms with E-state index in [1.165, 1.54) is 18.2 Å². The maximum Gasteiger partial charge on any atom is 0.418 e. The summed E-state index contributed by atoms with van der Waals surface area (Å²) in [6.07, 6.45) is -4.29. The van der Waals surface area contributed by atoms with Gasteiger partial charge in [-0.05, 0) is 43.2 Å². The fourth-order valence-electron chi connectivity index (χ4n) is 2.79. The van der Waals surface area contributed by atoms with Crippen LogP contribution in [0, 0.1) is 18.8 Å². The Morgan fingerprint density at radius 1 is 1.00 bits per heavy atom. The lowest BCUT2D eigenvalue weighted by molar-refractivity contribution is -0.137. The number of nitrogens with one attached hydrogen (secondary N) is 2. The number of para-hydroxylation sites is 1. The zero-order valence-corrected chi connectivity index (χ0v) is 15.0. The third-order valence-electron chi connectivity index (χ3n) is 4.41.